The number of fused-ring (bicyclic) bond motifs is 1. The minimum atomic E-state index is -3.34. The van der Waals surface area contributed by atoms with Crippen molar-refractivity contribution in [1.29, 1.82) is 0 Å². The highest BCUT2D eigenvalue weighted by molar-refractivity contribution is 9.10. The molecule has 1 atom stereocenters. The molecule has 1 aromatic heterocycles. The van der Waals surface area contributed by atoms with Crippen molar-refractivity contribution in [3.05, 3.63) is 81.1 Å². The Labute approximate surface area is 179 Å². The molecule has 1 N–H and O–H groups in total. The molecule has 7 heteroatoms. The third-order valence-electron chi connectivity index (χ3n) is 5.48. The molecule has 0 aliphatic heterocycles. The quantitative estimate of drug-likeness (QED) is 0.591. The summed E-state index contributed by atoms with van der Waals surface area (Å²) in [6.07, 6.45) is 3.43. The van der Waals surface area contributed by atoms with E-state index < -0.39 is 9.84 Å². The van der Waals surface area contributed by atoms with Gasteiger partial charge in [-0.1, -0.05) is 30.3 Å². The Morgan fingerprint density at radius 3 is 2.66 bits per heavy atom. The maximum Gasteiger partial charge on any atom is 0.179 e. The number of hydrogen-bond donors (Lipinski definition) is 1. The van der Waals surface area contributed by atoms with E-state index in [1.54, 1.807) is 18.2 Å². The third-order valence-corrected chi connectivity index (χ3v) is 8.37. The number of sulfone groups is 1. The highest BCUT2D eigenvalue weighted by Gasteiger charge is 2.28. The lowest BCUT2D eigenvalue weighted by atomic mass is 10.1. The standard InChI is InChI=1S/C22H23BrN2O3S/c1-15-20(13-26)12-25(24-15)11-16-6-7-18-9-17(10-19(18)8-16)14-29(27,28)22-5-3-2-4-21(22)23/h2-8,12,17,26H,9-11,13-14H2,1H3/t17-/m0/s1. The highest BCUT2D eigenvalue weighted by Crippen LogP contribution is 2.31. The first-order valence-electron chi connectivity index (χ1n) is 9.57. The van der Waals surface area contributed by atoms with Gasteiger partial charge in [0.1, 0.15) is 0 Å². The molecule has 29 heavy (non-hydrogen) atoms. The molecule has 0 radical (unpaired) electrons. The fourth-order valence-electron chi connectivity index (χ4n) is 4.06. The second kappa shape index (κ2) is 8.05. The Balaban J connectivity index is 1.48. The van der Waals surface area contributed by atoms with Crippen molar-refractivity contribution in [3.8, 4) is 0 Å². The summed E-state index contributed by atoms with van der Waals surface area (Å²) in [5.74, 6) is 0.239. The molecule has 0 unspecified atom stereocenters. The van der Waals surface area contributed by atoms with Gasteiger partial charge in [0.25, 0.3) is 0 Å². The molecule has 2 aromatic carbocycles. The summed E-state index contributed by atoms with van der Waals surface area (Å²) < 4.78 is 28.2. The van der Waals surface area contributed by atoms with Gasteiger partial charge in [0, 0.05) is 16.2 Å². The monoisotopic (exact) mass is 474 g/mol. The van der Waals surface area contributed by atoms with Gasteiger partial charge in [-0.05, 0) is 70.4 Å². The van der Waals surface area contributed by atoms with Crippen molar-refractivity contribution in [2.45, 2.75) is 37.8 Å². The Hall–Kier alpha value is -1.96. The van der Waals surface area contributed by atoms with Crippen molar-refractivity contribution in [1.82, 2.24) is 9.78 Å². The number of aliphatic hydroxyl groups is 1. The van der Waals surface area contributed by atoms with Gasteiger partial charge in [-0.3, -0.25) is 4.68 Å². The zero-order valence-electron chi connectivity index (χ0n) is 16.2. The van der Waals surface area contributed by atoms with Crippen LogP contribution in [0.15, 0.2) is 58.0 Å². The molecule has 4 rings (SSSR count). The molecule has 1 aliphatic rings. The highest BCUT2D eigenvalue weighted by atomic mass is 79.9. The lowest BCUT2D eigenvalue weighted by molar-refractivity contribution is 0.281. The van der Waals surface area contributed by atoms with Crippen LogP contribution in [-0.2, 0) is 35.8 Å². The normalized spacial score (nSPS) is 16.2. The summed E-state index contributed by atoms with van der Waals surface area (Å²) in [6, 6.07) is 13.4. The summed E-state index contributed by atoms with van der Waals surface area (Å²) in [5, 5.41) is 13.8. The lowest BCUT2D eigenvalue weighted by Crippen LogP contribution is -2.17. The second-order valence-electron chi connectivity index (χ2n) is 7.68. The van der Waals surface area contributed by atoms with E-state index in [0.29, 0.717) is 15.9 Å². The van der Waals surface area contributed by atoms with Crippen LogP contribution in [0.2, 0.25) is 0 Å². The third kappa shape index (κ3) is 4.32. The first-order chi connectivity index (χ1) is 13.9. The van der Waals surface area contributed by atoms with Crippen LogP contribution in [0, 0.1) is 12.8 Å². The lowest BCUT2D eigenvalue weighted by Gasteiger charge is -2.11. The molecule has 1 heterocycles. The average Bonchev–Trinajstić information content (AvgIpc) is 3.23. The van der Waals surface area contributed by atoms with Gasteiger partial charge in [0.05, 0.1) is 29.5 Å². The molecule has 0 bridgehead atoms. The summed E-state index contributed by atoms with van der Waals surface area (Å²) in [6.45, 7) is 2.51. The molecule has 152 valence electrons. The van der Waals surface area contributed by atoms with Crippen LogP contribution in [0.4, 0.5) is 0 Å². The minimum absolute atomic E-state index is 0.0102. The van der Waals surface area contributed by atoms with Crippen LogP contribution in [0.25, 0.3) is 0 Å². The molecular formula is C22H23BrN2O3S. The predicted octanol–water partition coefficient (Wildman–Crippen LogP) is 3.68. The van der Waals surface area contributed by atoms with E-state index in [4.69, 9.17) is 0 Å². The van der Waals surface area contributed by atoms with Crippen molar-refractivity contribution in [2.24, 2.45) is 5.92 Å². The average molecular weight is 475 g/mol. The van der Waals surface area contributed by atoms with E-state index in [0.717, 1.165) is 29.7 Å². The van der Waals surface area contributed by atoms with Gasteiger partial charge < -0.3 is 5.11 Å². The number of aliphatic hydroxyl groups excluding tert-OH is 1. The largest absolute Gasteiger partial charge is 0.392 e. The van der Waals surface area contributed by atoms with Crippen LogP contribution in [0.1, 0.15) is 27.9 Å². The number of halogens is 1. The summed E-state index contributed by atoms with van der Waals surface area (Å²) >= 11 is 3.36. The maximum absolute atomic E-state index is 12.9. The topological polar surface area (TPSA) is 72.2 Å². The molecule has 5 nitrogen and oxygen atoms in total. The van der Waals surface area contributed by atoms with Gasteiger partial charge in [-0.25, -0.2) is 8.42 Å². The maximum atomic E-state index is 12.9. The van der Waals surface area contributed by atoms with E-state index >= 15 is 0 Å². The van der Waals surface area contributed by atoms with Gasteiger partial charge in [0.15, 0.2) is 9.84 Å². The Morgan fingerprint density at radius 1 is 1.17 bits per heavy atom. The molecule has 0 fully saturated rings. The number of hydrogen-bond acceptors (Lipinski definition) is 4. The van der Waals surface area contributed by atoms with Gasteiger partial charge in [-0.15, -0.1) is 0 Å². The minimum Gasteiger partial charge on any atom is -0.392 e. The van der Waals surface area contributed by atoms with Crippen molar-refractivity contribution < 1.29 is 13.5 Å². The Kier molecular flexibility index (Phi) is 5.64. The van der Waals surface area contributed by atoms with E-state index in [1.807, 2.05) is 23.9 Å². The predicted molar refractivity (Wildman–Crippen MR) is 116 cm³/mol. The number of aromatic nitrogens is 2. The molecule has 1 aliphatic carbocycles. The number of nitrogens with zero attached hydrogens (tertiary/aromatic N) is 2. The van der Waals surface area contributed by atoms with Gasteiger partial charge in [-0.2, -0.15) is 5.10 Å². The first-order valence-corrected chi connectivity index (χ1v) is 12.0. The van der Waals surface area contributed by atoms with Crippen LogP contribution in [0.5, 0.6) is 0 Å². The first kappa shape index (κ1) is 20.3. The summed E-state index contributed by atoms with van der Waals surface area (Å²) in [7, 11) is -3.34. The molecule has 0 spiro atoms. The van der Waals surface area contributed by atoms with Crippen LogP contribution in [-0.4, -0.2) is 29.1 Å². The summed E-state index contributed by atoms with van der Waals surface area (Å²) in [5.41, 5.74) is 5.26. The Bertz CT molecular complexity index is 1150. The second-order valence-corrected chi connectivity index (χ2v) is 10.5. The molecule has 3 aromatic rings. The molecule has 0 amide bonds. The Morgan fingerprint density at radius 2 is 1.93 bits per heavy atom. The number of aryl methyl sites for hydroxylation is 1. The van der Waals surface area contributed by atoms with Crippen LogP contribution >= 0.6 is 15.9 Å². The molecular weight excluding hydrogens is 452 g/mol. The molecule has 0 saturated heterocycles. The summed E-state index contributed by atoms with van der Waals surface area (Å²) in [4.78, 5) is 0.366. The van der Waals surface area contributed by atoms with Gasteiger partial charge in [0.2, 0.25) is 0 Å². The van der Waals surface area contributed by atoms with Gasteiger partial charge >= 0.3 is 0 Å². The van der Waals surface area contributed by atoms with Crippen molar-refractivity contribution in [2.75, 3.05) is 5.75 Å². The van der Waals surface area contributed by atoms with E-state index in [-0.39, 0.29) is 18.3 Å². The zero-order chi connectivity index (χ0) is 20.6. The smallest absolute Gasteiger partial charge is 0.179 e. The van der Waals surface area contributed by atoms with Crippen LogP contribution < -0.4 is 0 Å². The van der Waals surface area contributed by atoms with Crippen molar-refractivity contribution >= 4 is 25.8 Å². The van der Waals surface area contributed by atoms with E-state index in [9.17, 15) is 13.5 Å². The fourth-order valence-corrected chi connectivity index (χ4v) is 6.77. The van der Waals surface area contributed by atoms with E-state index in [2.05, 4.69) is 39.2 Å². The van der Waals surface area contributed by atoms with Crippen LogP contribution in [0.3, 0.4) is 0 Å². The van der Waals surface area contributed by atoms with E-state index in [1.165, 1.54) is 11.1 Å². The fraction of sp³-hybridized carbons (Fsp3) is 0.318. The zero-order valence-corrected chi connectivity index (χ0v) is 18.6. The van der Waals surface area contributed by atoms with Crippen molar-refractivity contribution in [3.63, 3.8) is 0 Å². The SMILES string of the molecule is Cc1nn(Cc2ccc3c(c2)C[C@@H](CS(=O)(=O)c2ccccc2Br)C3)cc1CO. The number of rotatable bonds is 6. The number of benzene rings is 2. The molecule has 0 saturated carbocycles.